The molecular weight excluding hydrogens is 272 g/mol. The van der Waals surface area contributed by atoms with Crippen molar-refractivity contribution in [1.82, 2.24) is 0 Å². The van der Waals surface area contributed by atoms with Gasteiger partial charge in [0.05, 0.1) is 13.2 Å². The van der Waals surface area contributed by atoms with Crippen molar-refractivity contribution in [2.75, 3.05) is 13.2 Å². The van der Waals surface area contributed by atoms with E-state index in [2.05, 4.69) is 6.92 Å². The van der Waals surface area contributed by atoms with Gasteiger partial charge in [0.15, 0.2) is 11.5 Å². The Labute approximate surface area is 122 Å². The predicted octanol–water partition coefficient (Wildman–Crippen LogP) is 3.55. The summed E-state index contributed by atoms with van der Waals surface area (Å²) in [5, 5.41) is 12.5. The van der Waals surface area contributed by atoms with Gasteiger partial charge in [-0.25, -0.2) is 0 Å². The van der Waals surface area contributed by atoms with Crippen LogP contribution in [0.4, 0.5) is 0 Å². The van der Waals surface area contributed by atoms with Gasteiger partial charge in [-0.2, -0.15) is 0 Å². The lowest BCUT2D eigenvalue weighted by molar-refractivity contribution is 0.221. The van der Waals surface area contributed by atoms with Crippen LogP contribution < -0.4 is 9.47 Å². The highest BCUT2D eigenvalue weighted by atomic mass is 32.1. The molecular formula is C16H18O3S. The van der Waals surface area contributed by atoms with E-state index in [0.717, 1.165) is 27.5 Å². The Morgan fingerprint density at radius 3 is 2.65 bits per heavy atom. The second-order valence-electron chi connectivity index (χ2n) is 5.30. The van der Waals surface area contributed by atoms with E-state index in [0.29, 0.717) is 19.1 Å². The molecule has 0 saturated heterocycles. The zero-order chi connectivity index (χ0) is 14.1. The van der Waals surface area contributed by atoms with Crippen molar-refractivity contribution in [3.05, 3.63) is 45.6 Å². The molecule has 2 atom stereocenters. The maximum absolute atomic E-state index is 10.5. The van der Waals surface area contributed by atoms with Crippen LogP contribution in [0.3, 0.4) is 0 Å². The fourth-order valence-electron chi connectivity index (χ4n) is 2.25. The molecule has 0 bridgehead atoms. The van der Waals surface area contributed by atoms with Crippen molar-refractivity contribution >= 4 is 11.3 Å². The number of thiophene rings is 1. The van der Waals surface area contributed by atoms with E-state index in [1.54, 1.807) is 11.3 Å². The van der Waals surface area contributed by atoms with Gasteiger partial charge in [0.2, 0.25) is 0 Å². The molecule has 2 unspecified atom stereocenters. The molecule has 3 nitrogen and oxygen atoms in total. The van der Waals surface area contributed by atoms with Crippen LogP contribution in [0.15, 0.2) is 29.6 Å². The lowest BCUT2D eigenvalue weighted by Crippen LogP contribution is -2.12. The van der Waals surface area contributed by atoms with E-state index < -0.39 is 6.10 Å². The van der Waals surface area contributed by atoms with Gasteiger partial charge in [-0.05, 0) is 41.6 Å². The van der Waals surface area contributed by atoms with E-state index >= 15 is 0 Å². The maximum Gasteiger partial charge on any atom is 0.161 e. The topological polar surface area (TPSA) is 38.7 Å². The average molecular weight is 290 g/mol. The molecule has 4 heteroatoms. The Balaban J connectivity index is 1.91. The van der Waals surface area contributed by atoms with Gasteiger partial charge in [0, 0.05) is 10.8 Å². The average Bonchev–Trinajstić information content (AvgIpc) is 2.79. The van der Waals surface area contributed by atoms with Crippen molar-refractivity contribution in [2.45, 2.75) is 20.0 Å². The van der Waals surface area contributed by atoms with E-state index in [1.807, 2.05) is 36.6 Å². The normalized spacial score (nSPS) is 19.4. The summed E-state index contributed by atoms with van der Waals surface area (Å²) in [5.41, 5.74) is 1.95. The van der Waals surface area contributed by atoms with Crippen molar-refractivity contribution in [3.63, 3.8) is 0 Å². The number of benzene rings is 1. The van der Waals surface area contributed by atoms with Crippen LogP contribution in [-0.4, -0.2) is 18.3 Å². The first-order valence-corrected chi connectivity index (χ1v) is 7.64. The molecule has 1 N–H and O–H groups in total. The fourth-order valence-corrected chi connectivity index (χ4v) is 3.19. The van der Waals surface area contributed by atoms with Crippen molar-refractivity contribution in [1.29, 1.82) is 0 Å². The summed E-state index contributed by atoms with van der Waals surface area (Å²) in [6.45, 7) is 5.42. The monoisotopic (exact) mass is 290 g/mol. The number of hydrogen-bond acceptors (Lipinski definition) is 4. The van der Waals surface area contributed by atoms with E-state index in [-0.39, 0.29) is 0 Å². The third kappa shape index (κ3) is 2.53. The SMILES string of the molecule is Cc1ccsc1C(O)c1ccc2c(c1)OCC(C)CO2. The number of aryl methyl sites for hydroxylation is 1. The first kappa shape index (κ1) is 13.5. The Kier molecular flexibility index (Phi) is 3.68. The summed E-state index contributed by atoms with van der Waals surface area (Å²) in [6.07, 6.45) is -0.607. The third-order valence-electron chi connectivity index (χ3n) is 3.48. The summed E-state index contributed by atoms with van der Waals surface area (Å²) < 4.78 is 11.5. The molecule has 0 aliphatic carbocycles. The number of rotatable bonds is 2. The minimum absolute atomic E-state index is 0.371. The van der Waals surface area contributed by atoms with Crippen LogP contribution in [0.1, 0.15) is 29.0 Å². The second kappa shape index (κ2) is 5.46. The number of hydrogen-bond donors (Lipinski definition) is 1. The Hall–Kier alpha value is -1.52. The minimum atomic E-state index is -0.607. The number of aliphatic hydroxyl groups is 1. The summed E-state index contributed by atoms with van der Waals surface area (Å²) in [6, 6.07) is 7.70. The number of fused-ring (bicyclic) bond motifs is 1. The summed E-state index contributed by atoms with van der Waals surface area (Å²) in [5.74, 6) is 1.85. The molecule has 1 aliphatic heterocycles. The van der Waals surface area contributed by atoms with Crippen molar-refractivity contribution in [2.24, 2.45) is 5.92 Å². The Bertz CT molecular complexity index is 606. The molecule has 106 valence electrons. The molecule has 20 heavy (non-hydrogen) atoms. The maximum atomic E-state index is 10.5. The van der Waals surface area contributed by atoms with Crippen LogP contribution in [0.2, 0.25) is 0 Å². The van der Waals surface area contributed by atoms with Gasteiger partial charge in [-0.15, -0.1) is 11.3 Å². The molecule has 1 aromatic heterocycles. The standard InChI is InChI=1S/C16H18O3S/c1-10-8-18-13-4-3-12(7-14(13)19-9-10)15(17)16-11(2)5-6-20-16/h3-7,10,15,17H,8-9H2,1-2H3. The summed E-state index contributed by atoms with van der Waals surface area (Å²) in [7, 11) is 0. The van der Waals surface area contributed by atoms with E-state index in [4.69, 9.17) is 9.47 Å². The molecule has 0 spiro atoms. The Morgan fingerprint density at radius 1 is 1.20 bits per heavy atom. The molecule has 2 aromatic rings. The van der Waals surface area contributed by atoms with Crippen LogP contribution in [0.25, 0.3) is 0 Å². The first-order chi connectivity index (χ1) is 9.65. The van der Waals surface area contributed by atoms with Crippen LogP contribution in [0.5, 0.6) is 11.5 Å². The van der Waals surface area contributed by atoms with Crippen LogP contribution in [0, 0.1) is 12.8 Å². The van der Waals surface area contributed by atoms with Crippen molar-refractivity contribution in [3.8, 4) is 11.5 Å². The predicted molar refractivity (Wildman–Crippen MR) is 79.7 cm³/mol. The quantitative estimate of drug-likeness (QED) is 0.919. The van der Waals surface area contributed by atoms with Crippen LogP contribution >= 0.6 is 11.3 Å². The fraction of sp³-hybridized carbons (Fsp3) is 0.375. The minimum Gasteiger partial charge on any atom is -0.489 e. The lowest BCUT2D eigenvalue weighted by atomic mass is 10.1. The highest BCUT2D eigenvalue weighted by Gasteiger charge is 2.19. The smallest absolute Gasteiger partial charge is 0.161 e. The van der Waals surface area contributed by atoms with Crippen molar-refractivity contribution < 1.29 is 14.6 Å². The molecule has 0 amide bonds. The van der Waals surface area contributed by atoms with E-state index in [9.17, 15) is 5.11 Å². The van der Waals surface area contributed by atoms with Gasteiger partial charge >= 0.3 is 0 Å². The van der Waals surface area contributed by atoms with Crippen LogP contribution in [-0.2, 0) is 0 Å². The molecule has 1 aliphatic rings. The second-order valence-corrected chi connectivity index (χ2v) is 6.25. The molecule has 3 rings (SSSR count). The molecule has 0 radical (unpaired) electrons. The highest BCUT2D eigenvalue weighted by Crippen LogP contribution is 2.36. The first-order valence-electron chi connectivity index (χ1n) is 6.76. The number of aliphatic hydroxyl groups excluding tert-OH is 1. The summed E-state index contributed by atoms with van der Waals surface area (Å²) in [4.78, 5) is 0.979. The lowest BCUT2D eigenvalue weighted by Gasteiger charge is -2.14. The van der Waals surface area contributed by atoms with E-state index in [1.165, 1.54) is 0 Å². The van der Waals surface area contributed by atoms with Gasteiger partial charge < -0.3 is 14.6 Å². The Morgan fingerprint density at radius 2 is 1.95 bits per heavy atom. The van der Waals surface area contributed by atoms with Gasteiger partial charge in [-0.3, -0.25) is 0 Å². The zero-order valence-corrected chi connectivity index (χ0v) is 12.4. The molecule has 2 heterocycles. The zero-order valence-electron chi connectivity index (χ0n) is 11.6. The van der Waals surface area contributed by atoms with Gasteiger partial charge in [-0.1, -0.05) is 13.0 Å². The largest absolute Gasteiger partial charge is 0.489 e. The van der Waals surface area contributed by atoms with Gasteiger partial charge in [0.25, 0.3) is 0 Å². The van der Waals surface area contributed by atoms with Gasteiger partial charge in [0.1, 0.15) is 6.10 Å². The third-order valence-corrected chi connectivity index (χ3v) is 4.55. The molecule has 0 saturated carbocycles. The molecule has 0 fully saturated rings. The highest BCUT2D eigenvalue weighted by molar-refractivity contribution is 7.10. The number of ether oxygens (including phenoxy) is 2. The molecule has 1 aromatic carbocycles. The summed E-state index contributed by atoms with van der Waals surface area (Å²) >= 11 is 1.57.